The molecule has 0 saturated heterocycles. The maximum absolute atomic E-state index is 10.5. The Balaban J connectivity index is 2.98. The molecule has 3 heteroatoms. The SMILES string of the molecule is CC(=O)c1cc(C)no1. The number of nitrogens with zero attached hydrogens (tertiary/aromatic N) is 1. The molecule has 0 N–H and O–H groups in total. The molecule has 9 heavy (non-hydrogen) atoms. The van der Waals surface area contributed by atoms with Crippen LogP contribution >= 0.6 is 0 Å². The lowest BCUT2D eigenvalue weighted by Gasteiger charge is -1.77. The second-order valence-electron chi connectivity index (χ2n) is 1.89. The molecule has 0 atom stereocenters. The summed E-state index contributed by atoms with van der Waals surface area (Å²) in [6.45, 7) is 3.22. The Morgan fingerprint density at radius 2 is 2.44 bits per heavy atom. The molecule has 0 aliphatic carbocycles. The minimum absolute atomic E-state index is 0.0874. The molecule has 3 nitrogen and oxygen atoms in total. The van der Waals surface area contributed by atoms with Crippen molar-refractivity contribution in [1.82, 2.24) is 5.16 Å². The van der Waals surface area contributed by atoms with Crippen molar-refractivity contribution in [3.05, 3.63) is 17.5 Å². The summed E-state index contributed by atoms with van der Waals surface area (Å²) >= 11 is 0. The van der Waals surface area contributed by atoms with Gasteiger partial charge in [0.15, 0.2) is 5.78 Å². The second kappa shape index (κ2) is 2.01. The third kappa shape index (κ3) is 1.16. The van der Waals surface area contributed by atoms with Crippen molar-refractivity contribution in [1.29, 1.82) is 0 Å². The van der Waals surface area contributed by atoms with Crippen LogP contribution in [0, 0.1) is 6.92 Å². The van der Waals surface area contributed by atoms with Crippen LogP contribution in [0.4, 0.5) is 0 Å². The summed E-state index contributed by atoms with van der Waals surface area (Å²) in [4.78, 5) is 10.5. The van der Waals surface area contributed by atoms with Gasteiger partial charge in [0.05, 0.1) is 5.69 Å². The fraction of sp³-hybridized carbons (Fsp3) is 0.333. The lowest BCUT2D eigenvalue weighted by Crippen LogP contribution is -1.85. The molecule has 0 aliphatic heterocycles. The number of aromatic nitrogens is 1. The second-order valence-corrected chi connectivity index (χ2v) is 1.89. The van der Waals surface area contributed by atoms with Gasteiger partial charge >= 0.3 is 0 Å². The number of carbonyl (C=O) groups excluding carboxylic acids is 1. The van der Waals surface area contributed by atoms with E-state index in [0.717, 1.165) is 5.69 Å². The van der Waals surface area contributed by atoms with Gasteiger partial charge in [-0.05, 0) is 6.92 Å². The monoisotopic (exact) mass is 125 g/mol. The van der Waals surface area contributed by atoms with Crippen LogP contribution in [0.3, 0.4) is 0 Å². The van der Waals surface area contributed by atoms with Crippen molar-refractivity contribution < 1.29 is 9.32 Å². The van der Waals surface area contributed by atoms with Crippen LogP contribution in [-0.2, 0) is 0 Å². The normalized spacial score (nSPS) is 9.56. The van der Waals surface area contributed by atoms with Gasteiger partial charge in [-0.1, -0.05) is 5.16 Å². The van der Waals surface area contributed by atoms with E-state index in [1.807, 2.05) is 0 Å². The Kier molecular flexibility index (Phi) is 1.34. The van der Waals surface area contributed by atoms with Crippen LogP contribution in [0.25, 0.3) is 0 Å². The first-order chi connectivity index (χ1) is 4.20. The van der Waals surface area contributed by atoms with Crippen LogP contribution in [0.2, 0.25) is 0 Å². The summed E-state index contributed by atoms with van der Waals surface area (Å²) < 4.78 is 4.63. The molecule has 0 saturated carbocycles. The summed E-state index contributed by atoms with van der Waals surface area (Å²) in [6.07, 6.45) is 0. The Labute approximate surface area is 52.7 Å². The van der Waals surface area contributed by atoms with E-state index in [2.05, 4.69) is 9.68 Å². The number of Topliss-reactive ketones (excluding diaryl/α,β-unsaturated/α-hetero) is 1. The first-order valence-corrected chi connectivity index (χ1v) is 2.64. The summed E-state index contributed by atoms with van der Waals surface area (Å²) in [5.41, 5.74) is 0.736. The molecule has 1 heterocycles. The molecule has 1 aromatic heterocycles. The Hall–Kier alpha value is -1.12. The standard InChI is InChI=1S/C6H7NO2/c1-4-3-6(5(2)8)9-7-4/h3H,1-2H3. The maximum atomic E-state index is 10.5. The van der Waals surface area contributed by atoms with Crippen molar-refractivity contribution in [2.45, 2.75) is 13.8 Å². The zero-order valence-electron chi connectivity index (χ0n) is 5.34. The quantitative estimate of drug-likeness (QED) is 0.529. The van der Waals surface area contributed by atoms with Crippen molar-refractivity contribution in [2.24, 2.45) is 0 Å². The highest BCUT2D eigenvalue weighted by Crippen LogP contribution is 2.01. The van der Waals surface area contributed by atoms with Crippen LogP contribution < -0.4 is 0 Å². The number of aryl methyl sites for hydroxylation is 1. The van der Waals surface area contributed by atoms with Crippen molar-refractivity contribution in [3.8, 4) is 0 Å². The zero-order chi connectivity index (χ0) is 6.85. The molecule has 0 bridgehead atoms. The van der Waals surface area contributed by atoms with Crippen LogP contribution in [0.15, 0.2) is 10.6 Å². The molecule has 0 unspecified atom stereocenters. The molecular weight excluding hydrogens is 118 g/mol. The molecule has 0 fully saturated rings. The molecule has 0 aliphatic rings. The Morgan fingerprint density at radius 3 is 2.67 bits per heavy atom. The summed E-state index contributed by atoms with van der Waals surface area (Å²) in [5, 5.41) is 3.54. The topological polar surface area (TPSA) is 43.1 Å². The van der Waals surface area contributed by atoms with Crippen molar-refractivity contribution in [3.63, 3.8) is 0 Å². The van der Waals surface area contributed by atoms with Crippen molar-refractivity contribution >= 4 is 5.78 Å². The highest BCUT2D eigenvalue weighted by molar-refractivity contribution is 5.91. The fourth-order valence-corrected chi connectivity index (χ4v) is 0.530. The maximum Gasteiger partial charge on any atom is 0.202 e. The third-order valence-corrected chi connectivity index (χ3v) is 0.975. The smallest absolute Gasteiger partial charge is 0.202 e. The van der Waals surface area contributed by atoms with Crippen LogP contribution in [0.5, 0.6) is 0 Å². The van der Waals surface area contributed by atoms with Gasteiger partial charge in [-0.3, -0.25) is 4.79 Å². The highest BCUT2D eigenvalue weighted by atomic mass is 16.5. The van der Waals surface area contributed by atoms with Gasteiger partial charge in [0, 0.05) is 13.0 Å². The molecule has 1 rings (SSSR count). The van der Waals surface area contributed by atoms with Gasteiger partial charge in [0.25, 0.3) is 0 Å². The number of ketones is 1. The van der Waals surface area contributed by atoms with Crippen molar-refractivity contribution in [2.75, 3.05) is 0 Å². The lowest BCUT2D eigenvalue weighted by molar-refractivity contribution is 0.0978. The van der Waals surface area contributed by atoms with E-state index in [0.29, 0.717) is 5.76 Å². The van der Waals surface area contributed by atoms with Gasteiger partial charge in [-0.25, -0.2) is 0 Å². The van der Waals surface area contributed by atoms with E-state index in [1.165, 1.54) is 6.92 Å². The third-order valence-electron chi connectivity index (χ3n) is 0.975. The molecular formula is C6H7NO2. The Morgan fingerprint density at radius 1 is 1.78 bits per heavy atom. The number of hydrogen-bond donors (Lipinski definition) is 0. The average Bonchev–Trinajstić information content (AvgIpc) is 2.14. The fourth-order valence-electron chi connectivity index (χ4n) is 0.530. The summed E-state index contributed by atoms with van der Waals surface area (Å²) in [6, 6.07) is 1.61. The number of hydrogen-bond acceptors (Lipinski definition) is 3. The lowest BCUT2D eigenvalue weighted by atomic mass is 10.3. The Bertz CT molecular complexity index is 227. The highest BCUT2D eigenvalue weighted by Gasteiger charge is 2.03. The van der Waals surface area contributed by atoms with Crippen LogP contribution in [-0.4, -0.2) is 10.9 Å². The average molecular weight is 125 g/mol. The molecule has 0 spiro atoms. The summed E-state index contributed by atoms with van der Waals surface area (Å²) in [7, 11) is 0. The predicted molar refractivity (Wildman–Crippen MR) is 31.2 cm³/mol. The molecule has 48 valence electrons. The van der Waals surface area contributed by atoms with Gasteiger partial charge < -0.3 is 4.52 Å². The van der Waals surface area contributed by atoms with E-state index in [9.17, 15) is 4.79 Å². The van der Waals surface area contributed by atoms with E-state index in [1.54, 1.807) is 13.0 Å². The van der Waals surface area contributed by atoms with Gasteiger partial charge in [0.2, 0.25) is 5.76 Å². The zero-order valence-corrected chi connectivity index (χ0v) is 5.34. The minimum atomic E-state index is -0.0874. The molecule has 0 aromatic carbocycles. The van der Waals surface area contributed by atoms with E-state index >= 15 is 0 Å². The molecule has 1 aromatic rings. The van der Waals surface area contributed by atoms with E-state index in [-0.39, 0.29) is 5.78 Å². The minimum Gasteiger partial charge on any atom is -0.353 e. The largest absolute Gasteiger partial charge is 0.353 e. The van der Waals surface area contributed by atoms with Gasteiger partial charge in [-0.2, -0.15) is 0 Å². The predicted octanol–water partition coefficient (Wildman–Crippen LogP) is 1.19. The van der Waals surface area contributed by atoms with E-state index in [4.69, 9.17) is 0 Å². The first-order valence-electron chi connectivity index (χ1n) is 2.64. The molecule has 0 radical (unpaired) electrons. The van der Waals surface area contributed by atoms with Crippen LogP contribution in [0.1, 0.15) is 23.2 Å². The molecule has 0 amide bonds. The number of carbonyl (C=O) groups is 1. The first kappa shape index (κ1) is 6.01. The van der Waals surface area contributed by atoms with Gasteiger partial charge in [-0.15, -0.1) is 0 Å². The summed E-state index contributed by atoms with van der Waals surface area (Å²) in [5.74, 6) is 0.239. The van der Waals surface area contributed by atoms with Gasteiger partial charge in [0.1, 0.15) is 0 Å². The van der Waals surface area contributed by atoms with E-state index < -0.39 is 0 Å². The number of rotatable bonds is 1.